The summed E-state index contributed by atoms with van der Waals surface area (Å²) in [6, 6.07) is 18.7. The van der Waals surface area contributed by atoms with Gasteiger partial charge in [-0.05, 0) is 24.8 Å². The van der Waals surface area contributed by atoms with Gasteiger partial charge in [-0.15, -0.1) is 0 Å². The number of aromatic nitrogens is 2. The first-order valence-corrected chi connectivity index (χ1v) is 12.5. The summed E-state index contributed by atoms with van der Waals surface area (Å²) in [5, 5.41) is 9.60. The van der Waals surface area contributed by atoms with Gasteiger partial charge in [0.25, 0.3) is 5.91 Å². The van der Waals surface area contributed by atoms with Crippen molar-refractivity contribution in [3.05, 3.63) is 78.2 Å². The maximum absolute atomic E-state index is 14.0. The van der Waals surface area contributed by atoms with Crippen molar-refractivity contribution in [3.63, 3.8) is 0 Å². The molecule has 1 aromatic heterocycles. The standard InChI is InChI=1S/C28H30N4O4/c33-24-14-8-7-13-23(24)32-19-29-25(26(32)21-11-5-2-6-12-21)27(34)31-16-15-30(28(35)36)18-22(31)17-20-9-3-1-4-10-20/h1-6,9-12,19,22-23H,7-8,13-18H2,(H,35,36)/t22-,23-/m1/s1. The molecule has 1 aliphatic carbocycles. The van der Waals surface area contributed by atoms with Gasteiger partial charge in [0, 0.05) is 31.6 Å². The maximum Gasteiger partial charge on any atom is 0.407 e. The van der Waals surface area contributed by atoms with Gasteiger partial charge in [0.05, 0.1) is 24.1 Å². The normalized spacial score (nSPS) is 20.4. The first-order valence-electron chi connectivity index (χ1n) is 12.5. The summed E-state index contributed by atoms with van der Waals surface area (Å²) < 4.78 is 1.88. The fourth-order valence-electron chi connectivity index (χ4n) is 5.39. The zero-order valence-corrected chi connectivity index (χ0v) is 20.1. The number of carboxylic acid groups (broad SMARTS) is 1. The summed E-state index contributed by atoms with van der Waals surface area (Å²) in [6.07, 6.45) is 4.31. The van der Waals surface area contributed by atoms with E-state index in [0.29, 0.717) is 24.2 Å². The molecule has 5 rings (SSSR count). The molecule has 2 aromatic carbocycles. The molecule has 2 amide bonds. The third-order valence-electron chi connectivity index (χ3n) is 7.23. The predicted octanol–water partition coefficient (Wildman–Crippen LogP) is 4.28. The first-order chi connectivity index (χ1) is 17.5. The van der Waals surface area contributed by atoms with Crippen molar-refractivity contribution in [1.29, 1.82) is 0 Å². The van der Waals surface area contributed by atoms with E-state index in [-0.39, 0.29) is 43.4 Å². The minimum Gasteiger partial charge on any atom is -0.465 e. The Hall–Kier alpha value is -3.94. The summed E-state index contributed by atoms with van der Waals surface area (Å²) in [7, 11) is 0. The molecular formula is C28H30N4O4. The van der Waals surface area contributed by atoms with E-state index in [4.69, 9.17) is 0 Å². The lowest BCUT2D eigenvalue weighted by molar-refractivity contribution is -0.123. The van der Waals surface area contributed by atoms with Crippen molar-refractivity contribution in [3.8, 4) is 11.3 Å². The lowest BCUT2D eigenvalue weighted by atomic mass is 9.93. The number of hydrogen-bond donors (Lipinski definition) is 1. The second-order valence-electron chi connectivity index (χ2n) is 9.51. The molecular weight excluding hydrogens is 456 g/mol. The summed E-state index contributed by atoms with van der Waals surface area (Å²) in [6.45, 7) is 0.763. The molecule has 2 fully saturated rings. The lowest BCUT2D eigenvalue weighted by Gasteiger charge is -2.40. The number of nitrogens with zero attached hydrogens (tertiary/aromatic N) is 4. The van der Waals surface area contributed by atoms with Gasteiger partial charge in [0.1, 0.15) is 0 Å². The van der Waals surface area contributed by atoms with E-state index in [1.165, 1.54) is 4.90 Å². The average Bonchev–Trinajstić information content (AvgIpc) is 3.34. The molecule has 2 aliphatic rings. The molecule has 2 heterocycles. The molecule has 8 heteroatoms. The highest BCUT2D eigenvalue weighted by molar-refractivity contribution is 5.99. The smallest absolute Gasteiger partial charge is 0.407 e. The molecule has 8 nitrogen and oxygen atoms in total. The van der Waals surface area contributed by atoms with E-state index in [9.17, 15) is 19.5 Å². The first kappa shape index (κ1) is 23.8. The second-order valence-corrected chi connectivity index (χ2v) is 9.51. The highest BCUT2D eigenvalue weighted by Crippen LogP contribution is 2.33. The largest absolute Gasteiger partial charge is 0.465 e. The minimum atomic E-state index is -0.981. The van der Waals surface area contributed by atoms with Crippen LogP contribution in [-0.4, -0.2) is 67.9 Å². The van der Waals surface area contributed by atoms with Crippen molar-refractivity contribution >= 4 is 17.8 Å². The Balaban J connectivity index is 1.52. The fraction of sp³-hybridized carbons (Fsp3) is 0.357. The number of imidazole rings is 1. The summed E-state index contributed by atoms with van der Waals surface area (Å²) in [5.74, 6) is -0.0614. The van der Waals surface area contributed by atoms with Crippen molar-refractivity contribution in [1.82, 2.24) is 19.4 Å². The van der Waals surface area contributed by atoms with Gasteiger partial charge < -0.3 is 19.5 Å². The van der Waals surface area contributed by atoms with Crippen molar-refractivity contribution < 1.29 is 19.5 Å². The van der Waals surface area contributed by atoms with E-state index in [2.05, 4.69) is 4.98 Å². The van der Waals surface area contributed by atoms with Gasteiger partial charge >= 0.3 is 6.09 Å². The molecule has 1 aliphatic heterocycles. The number of Topliss-reactive ketones (excluding diaryl/α,β-unsaturated/α-hetero) is 1. The number of amides is 2. The van der Waals surface area contributed by atoms with Gasteiger partial charge in [0.2, 0.25) is 0 Å². The van der Waals surface area contributed by atoms with Crippen molar-refractivity contribution in [2.24, 2.45) is 0 Å². The number of hydrogen-bond acceptors (Lipinski definition) is 4. The topological polar surface area (TPSA) is 95.7 Å². The van der Waals surface area contributed by atoms with Crippen LogP contribution in [-0.2, 0) is 11.2 Å². The molecule has 3 aromatic rings. The molecule has 0 radical (unpaired) electrons. The van der Waals surface area contributed by atoms with Gasteiger partial charge in [-0.3, -0.25) is 9.59 Å². The SMILES string of the molecule is O=C1CCCC[C@H]1n1cnc(C(=O)N2CCN(C(=O)O)C[C@H]2Cc2ccccc2)c1-c1ccccc1. The fourth-order valence-corrected chi connectivity index (χ4v) is 5.39. The van der Waals surface area contributed by atoms with Crippen LogP contribution in [0.4, 0.5) is 4.79 Å². The van der Waals surface area contributed by atoms with Gasteiger partial charge in [0.15, 0.2) is 11.5 Å². The van der Waals surface area contributed by atoms with Crippen LogP contribution in [0.2, 0.25) is 0 Å². The number of ketones is 1. The second kappa shape index (κ2) is 10.4. The van der Waals surface area contributed by atoms with Crippen LogP contribution >= 0.6 is 0 Å². The molecule has 1 saturated heterocycles. The zero-order chi connectivity index (χ0) is 25.1. The highest BCUT2D eigenvalue weighted by atomic mass is 16.4. The number of rotatable bonds is 5. The summed E-state index contributed by atoms with van der Waals surface area (Å²) in [4.78, 5) is 46.3. The van der Waals surface area contributed by atoms with Crippen LogP contribution in [0.1, 0.15) is 47.8 Å². The van der Waals surface area contributed by atoms with E-state index < -0.39 is 6.09 Å². The van der Waals surface area contributed by atoms with Crippen LogP contribution in [0.25, 0.3) is 11.3 Å². The van der Waals surface area contributed by atoms with E-state index >= 15 is 0 Å². The molecule has 1 N–H and O–H groups in total. The third-order valence-corrected chi connectivity index (χ3v) is 7.23. The Kier molecular flexibility index (Phi) is 6.84. The molecule has 0 bridgehead atoms. The Bertz CT molecular complexity index is 1240. The molecule has 2 atom stereocenters. The Morgan fingerprint density at radius 1 is 0.972 bits per heavy atom. The Labute approximate surface area is 210 Å². The predicted molar refractivity (Wildman–Crippen MR) is 135 cm³/mol. The van der Waals surface area contributed by atoms with Crippen molar-refractivity contribution in [2.45, 2.75) is 44.2 Å². The molecule has 1 saturated carbocycles. The van der Waals surface area contributed by atoms with Gasteiger partial charge in [-0.1, -0.05) is 67.1 Å². The molecule has 0 unspecified atom stereocenters. The zero-order valence-electron chi connectivity index (χ0n) is 20.1. The van der Waals surface area contributed by atoms with E-state index in [1.807, 2.05) is 65.2 Å². The number of carbonyl (C=O) groups is 3. The number of piperazine rings is 1. The highest BCUT2D eigenvalue weighted by Gasteiger charge is 2.36. The Morgan fingerprint density at radius 3 is 2.39 bits per heavy atom. The average molecular weight is 487 g/mol. The quantitative estimate of drug-likeness (QED) is 0.581. The maximum atomic E-state index is 14.0. The van der Waals surface area contributed by atoms with Crippen LogP contribution in [0, 0.1) is 0 Å². The molecule has 0 spiro atoms. The van der Waals surface area contributed by atoms with Crippen LogP contribution < -0.4 is 0 Å². The van der Waals surface area contributed by atoms with Crippen LogP contribution in [0.3, 0.4) is 0 Å². The molecule has 36 heavy (non-hydrogen) atoms. The number of benzene rings is 2. The third kappa shape index (κ3) is 4.76. The van der Waals surface area contributed by atoms with Crippen molar-refractivity contribution in [2.75, 3.05) is 19.6 Å². The summed E-state index contributed by atoms with van der Waals surface area (Å²) in [5.41, 5.74) is 2.83. The van der Waals surface area contributed by atoms with Gasteiger partial charge in [-0.2, -0.15) is 0 Å². The summed E-state index contributed by atoms with van der Waals surface area (Å²) >= 11 is 0. The lowest BCUT2D eigenvalue weighted by Crippen LogP contribution is -2.57. The van der Waals surface area contributed by atoms with Crippen LogP contribution in [0.15, 0.2) is 67.0 Å². The Morgan fingerprint density at radius 2 is 1.69 bits per heavy atom. The monoisotopic (exact) mass is 486 g/mol. The van der Waals surface area contributed by atoms with Gasteiger partial charge in [-0.25, -0.2) is 9.78 Å². The molecule has 186 valence electrons. The van der Waals surface area contributed by atoms with Crippen LogP contribution in [0.5, 0.6) is 0 Å². The minimum absolute atomic E-state index is 0.173. The number of carbonyl (C=O) groups excluding carboxylic acids is 2. The van der Waals surface area contributed by atoms with E-state index in [1.54, 1.807) is 11.2 Å². The van der Waals surface area contributed by atoms with E-state index in [0.717, 1.165) is 30.4 Å².